The fraction of sp³-hybridized carbons (Fsp3) is 0.500. The van der Waals surface area contributed by atoms with Crippen LogP contribution in [0.25, 0.3) is 11.4 Å². The molecule has 2 fully saturated rings. The van der Waals surface area contributed by atoms with Gasteiger partial charge in [0.05, 0.1) is 23.4 Å². The normalized spacial score (nSPS) is 23.6. The minimum absolute atomic E-state index is 0.0262. The Hall–Kier alpha value is -3.56. The van der Waals surface area contributed by atoms with E-state index in [4.69, 9.17) is 14.5 Å². The molecule has 3 aromatic rings. The third-order valence-electron chi connectivity index (χ3n) is 7.02. The zero-order valence-corrected chi connectivity index (χ0v) is 19.5. The average Bonchev–Trinajstić information content (AvgIpc) is 3.48. The summed E-state index contributed by atoms with van der Waals surface area (Å²) in [6.45, 7) is 3.99. The van der Waals surface area contributed by atoms with Crippen LogP contribution in [-0.2, 0) is 18.4 Å². The Morgan fingerprint density at radius 3 is 2.79 bits per heavy atom. The molecule has 0 saturated heterocycles. The van der Waals surface area contributed by atoms with Crippen molar-refractivity contribution >= 4 is 5.97 Å². The quantitative estimate of drug-likeness (QED) is 0.561. The van der Waals surface area contributed by atoms with E-state index in [2.05, 4.69) is 20.3 Å². The first kappa shape index (κ1) is 22.2. The topological polar surface area (TPSA) is 125 Å². The predicted molar refractivity (Wildman–Crippen MR) is 121 cm³/mol. The molecule has 1 N–H and O–H groups in total. The second kappa shape index (κ2) is 9.00. The van der Waals surface area contributed by atoms with Crippen LogP contribution in [0.15, 0.2) is 24.4 Å². The van der Waals surface area contributed by atoms with Gasteiger partial charge in [0, 0.05) is 18.9 Å². The van der Waals surface area contributed by atoms with Gasteiger partial charge in [-0.05, 0) is 69.6 Å². The lowest BCUT2D eigenvalue weighted by atomic mass is 9.92. The van der Waals surface area contributed by atoms with Gasteiger partial charge < -0.3 is 14.6 Å². The van der Waals surface area contributed by atoms with E-state index in [0.29, 0.717) is 23.3 Å². The van der Waals surface area contributed by atoms with Crippen LogP contribution in [0.2, 0.25) is 0 Å². The average molecular weight is 465 g/mol. The van der Waals surface area contributed by atoms with Crippen molar-refractivity contribution in [2.24, 2.45) is 24.8 Å². The molecule has 0 radical (unpaired) electrons. The van der Waals surface area contributed by atoms with Crippen molar-refractivity contribution in [1.29, 1.82) is 0 Å². The van der Waals surface area contributed by atoms with E-state index in [1.165, 1.54) is 0 Å². The number of aromatic nitrogens is 6. The van der Waals surface area contributed by atoms with Gasteiger partial charge in [-0.25, -0.2) is 19.6 Å². The maximum atomic E-state index is 11.5. The number of aliphatic carboxylic acids is 1. The number of carboxylic acid groups (broad SMARTS) is 1. The molecule has 10 heteroatoms. The van der Waals surface area contributed by atoms with Crippen molar-refractivity contribution in [1.82, 2.24) is 29.9 Å². The maximum absolute atomic E-state index is 11.5. The molecule has 2 saturated carbocycles. The number of hydrogen-bond donors (Lipinski definition) is 1. The molecule has 0 bridgehead atoms. The Balaban J connectivity index is 1.29. The van der Waals surface area contributed by atoms with E-state index < -0.39 is 5.97 Å². The number of pyridine rings is 1. The molecular formula is C24H28N6O4. The number of rotatable bonds is 7. The monoisotopic (exact) mass is 464 g/mol. The highest BCUT2D eigenvalue weighted by molar-refractivity contribution is 5.71. The molecule has 0 amide bonds. The van der Waals surface area contributed by atoms with Crippen molar-refractivity contribution < 1.29 is 19.4 Å². The number of aryl methyl sites for hydroxylation is 3. The van der Waals surface area contributed by atoms with E-state index in [-0.39, 0.29) is 24.5 Å². The molecule has 10 nitrogen and oxygen atoms in total. The summed E-state index contributed by atoms with van der Waals surface area (Å²) in [5.74, 6) is 0.471. The second-order valence-electron chi connectivity index (χ2n) is 9.21. The molecule has 2 aliphatic rings. The van der Waals surface area contributed by atoms with Gasteiger partial charge in [0.2, 0.25) is 0 Å². The molecule has 34 heavy (non-hydrogen) atoms. The van der Waals surface area contributed by atoms with Crippen molar-refractivity contribution in [3.63, 3.8) is 0 Å². The molecule has 3 heterocycles. The SMILES string of the molecule is Cc1ccnc(OCc2c(-c3ccc(OC4CC5CCC(C(=O)O)C5C4)c(C)n3)nnn2C)n1. The second-order valence-corrected chi connectivity index (χ2v) is 9.21. The zero-order chi connectivity index (χ0) is 23.8. The third-order valence-corrected chi connectivity index (χ3v) is 7.02. The maximum Gasteiger partial charge on any atom is 0.316 e. The fourth-order valence-electron chi connectivity index (χ4n) is 5.29. The molecular weight excluding hydrogens is 436 g/mol. The molecule has 4 atom stereocenters. The van der Waals surface area contributed by atoms with E-state index in [9.17, 15) is 9.90 Å². The van der Waals surface area contributed by atoms with Crippen LogP contribution in [0.4, 0.5) is 0 Å². The standard InChI is InChI=1S/C24H28N6O4/c1-13-8-9-25-24(26-13)33-12-20-22(28-29-30(20)3)19-6-7-21(14(2)27-19)34-16-10-15-4-5-17(23(31)32)18(15)11-16/h6-9,15-18H,4-5,10-12H2,1-3H3,(H,31,32). The van der Waals surface area contributed by atoms with Crippen molar-refractivity contribution in [3.05, 3.63) is 41.5 Å². The van der Waals surface area contributed by atoms with Gasteiger partial charge in [0.1, 0.15) is 23.7 Å². The molecule has 2 aliphatic carbocycles. The summed E-state index contributed by atoms with van der Waals surface area (Å²) in [6.07, 6.45) is 5.13. The van der Waals surface area contributed by atoms with Gasteiger partial charge in [-0.2, -0.15) is 0 Å². The van der Waals surface area contributed by atoms with Gasteiger partial charge in [-0.15, -0.1) is 5.10 Å². The van der Waals surface area contributed by atoms with Crippen LogP contribution in [0.1, 0.15) is 42.8 Å². The van der Waals surface area contributed by atoms with Crippen molar-refractivity contribution in [2.45, 2.75) is 52.2 Å². The third kappa shape index (κ3) is 4.32. The van der Waals surface area contributed by atoms with Crippen LogP contribution >= 0.6 is 0 Å². The first-order chi connectivity index (χ1) is 16.4. The number of nitrogens with zero attached hydrogens (tertiary/aromatic N) is 6. The molecule has 0 aliphatic heterocycles. The number of carboxylic acids is 1. The Kier molecular flexibility index (Phi) is 5.89. The number of hydrogen-bond acceptors (Lipinski definition) is 8. The fourth-order valence-corrected chi connectivity index (χ4v) is 5.29. The molecule has 0 spiro atoms. The van der Waals surface area contributed by atoms with Crippen LogP contribution in [0, 0.1) is 31.6 Å². The minimum Gasteiger partial charge on any atom is -0.489 e. The summed E-state index contributed by atoms with van der Waals surface area (Å²) in [6, 6.07) is 5.88. The van der Waals surface area contributed by atoms with E-state index in [1.807, 2.05) is 32.0 Å². The lowest BCUT2D eigenvalue weighted by molar-refractivity contribution is -0.143. The largest absolute Gasteiger partial charge is 0.489 e. The predicted octanol–water partition coefficient (Wildman–Crippen LogP) is 3.13. The highest BCUT2D eigenvalue weighted by Gasteiger charge is 2.47. The van der Waals surface area contributed by atoms with E-state index in [0.717, 1.165) is 48.5 Å². The van der Waals surface area contributed by atoms with Crippen molar-refractivity contribution in [3.8, 4) is 23.1 Å². The van der Waals surface area contributed by atoms with Crippen LogP contribution in [0.5, 0.6) is 11.8 Å². The van der Waals surface area contributed by atoms with Gasteiger partial charge in [0.25, 0.3) is 0 Å². The zero-order valence-electron chi connectivity index (χ0n) is 19.5. The first-order valence-corrected chi connectivity index (χ1v) is 11.6. The summed E-state index contributed by atoms with van der Waals surface area (Å²) >= 11 is 0. The molecule has 178 valence electrons. The number of ether oxygens (including phenoxy) is 2. The van der Waals surface area contributed by atoms with Crippen LogP contribution < -0.4 is 9.47 Å². The smallest absolute Gasteiger partial charge is 0.316 e. The lowest BCUT2D eigenvalue weighted by Crippen LogP contribution is -2.21. The molecule has 4 unspecified atom stereocenters. The van der Waals surface area contributed by atoms with Gasteiger partial charge in [0.15, 0.2) is 0 Å². The van der Waals surface area contributed by atoms with E-state index >= 15 is 0 Å². The van der Waals surface area contributed by atoms with Crippen molar-refractivity contribution in [2.75, 3.05) is 0 Å². The molecule has 0 aromatic carbocycles. The Morgan fingerprint density at radius 1 is 1.18 bits per heavy atom. The van der Waals surface area contributed by atoms with Crippen LogP contribution in [0.3, 0.4) is 0 Å². The highest BCUT2D eigenvalue weighted by atomic mass is 16.5. The summed E-state index contributed by atoms with van der Waals surface area (Å²) in [5.41, 5.74) is 3.64. The number of carbonyl (C=O) groups is 1. The lowest BCUT2D eigenvalue weighted by Gasteiger charge is -2.18. The Morgan fingerprint density at radius 2 is 2.03 bits per heavy atom. The van der Waals surface area contributed by atoms with E-state index in [1.54, 1.807) is 17.9 Å². The Labute approximate surface area is 197 Å². The number of fused-ring (bicyclic) bond motifs is 1. The molecule has 5 rings (SSSR count). The summed E-state index contributed by atoms with van der Waals surface area (Å²) in [5, 5.41) is 17.9. The Bertz CT molecular complexity index is 1210. The summed E-state index contributed by atoms with van der Waals surface area (Å²) in [7, 11) is 1.80. The summed E-state index contributed by atoms with van der Waals surface area (Å²) < 4.78 is 13.7. The summed E-state index contributed by atoms with van der Waals surface area (Å²) in [4.78, 5) is 24.6. The van der Waals surface area contributed by atoms with Gasteiger partial charge >= 0.3 is 12.0 Å². The van der Waals surface area contributed by atoms with Gasteiger partial charge in [-0.1, -0.05) is 5.21 Å². The highest BCUT2D eigenvalue weighted by Crippen LogP contribution is 2.48. The van der Waals surface area contributed by atoms with Crippen LogP contribution in [-0.4, -0.2) is 47.1 Å². The molecule has 3 aromatic heterocycles. The minimum atomic E-state index is -0.673. The van der Waals surface area contributed by atoms with Gasteiger partial charge in [-0.3, -0.25) is 4.79 Å². The first-order valence-electron chi connectivity index (χ1n) is 11.6.